The van der Waals surface area contributed by atoms with Gasteiger partial charge in [-0.15, -0.1) is 0 Å². The molecular formula is C27H28FNO5. The van der Waals surface area contributed by atoms with Crippen molar-refractivity contribution in [3.8, 4) is 0 Å². The molecule has 0 amide bonds. The number of halogens is 1. The number of Topliss-reactive ketones (excluding diaryl/α,β-unsaturated/α-hetero) is 1. The third kappa shape index (κ3) is 4.32. The lowest BCUT2D eigenvalue weighted by Gasteiger charge is -2.35. The number of aryl methyl sites for hydroxylation is 1. The van der Waals surface area contributed by atoms with Crippen LogP contribution in [0.3, 0.4) is 0 Å². The van der Waals surface area contributed by atoms with Gasteiger partial charge in [-0.2, -0.15) is 0 Å². The molecule has 0 radical (unpaired) electrons. The Labute approximate surface area is 197 Å². The van der Waals surface area contributed by atoms with E-state index in [4.69, 9.17) is 13.9 Å². The van der Waals surface area contributed by atoms with Crippen LogP contribution in [0, 0.1) is 12.7 Å². The van der Waals surface area contributed by atoms with E-state index in [1.807, 2.05) is 26.0 Å². The van der Waals surface area contributed by atoms with Gasteiger partial charge in [-0.25, -0.2) is 9.18 Å². The molecule has 3 aliphatic rings. The van der Waals surface area contributed by atoms with Gasteiger partial charge in [-0.3, -0.25) is 4.79 Å². The number of carbonyl (C=O) groups excluding carboxylic acids is 2. The summed E-state index contributed by atoms with van der Waals surface area (Å²) in [5.41, 5.74) is 3.26. The minimum Gasteiger partial charge on any atom is -0.465 e. The average molecular weight is 466 g/mol. The van der Waals surface area contributed by atoms with Crippen molar-refractivity contribution in [1.29, 1.82) is 0 Å². The Balaban J connectivity index is 1.47. The highest BCUT2D eigenvalue weighted by atomic mass is 19.1. The van der Waals surface area contributed by atoms with E-state index < -0.39 is 11.9 Å². The zero-order valence-corrected chi connectivity index (χ0v) is 19.4. The molecule has 1 aromatic carbocycles. The minimum absolute atomic E-state index is 0.0564. The van der Waals surface area contributed by atoms with Gasteiger partial charge in [0.1, 0.15) is 23.9 Å². The first kappa shape index (κ1) is 22.6. The molecule has 0 spiro atoms. The highest BCUT2D eigenvalue weighted by Gasteiger charge is 2.43. The maximum atomic E-state index is 13.5. The molecule has 2 aromatic rings. The molecule has 3 atom stereocenters. The van der Waals surface area contributed by atoms with E-state index in [9.17, 15) is 14.0 Å². The van der Waals surface area contributed by atoms with Crippen LogP contribution in [-0.2, 0) is 19.1 Å². The van der Waals surface area contributed by atoms with Gasteiger partial charge in [0, 0.05) is 30.0 Å². The van der Waals surface area contributed by atoms with Gasteiger partial charge in [0.05, 0.1) is 17.6 Å². The van der Waals surface area contributed by atoms with Crippen molar-refractivity contribution in [2.24, 2.45) is 0 Å². The smallest absolute Gasteiger partial charge is 0.336 e. The van der Waals surface area contributed by atoms with Crippen LogP contribution in [-0.4, -0.2) is 31.1 Å². The normalized spacial score (nSPS) is 24.8. The molecule has 2 aliphatic heterocycles. The third-order valence-corrected chi connectivity index (χ3v) is 6.86. The highest BCUT2D eigenvalue weighted by molar-refractivity contribution is 6.04. The van der Waals surface area contributed by atoms with E-state index in [0.29, 0.717) is 41.4 Å². The number of nitrogens with one attached hydrogen (secondary N) is 1. The minimum atomic E-state index is -0.636. The average Bonchev–Trinajstić information content (AvgIpc) is 3.48. The van der Waals surface area contributed by atoms with Gasteiger partial charge in [0.15, 0.2) is 5.78 Å². The van der Waals surface area contributed by atoms with Gasteiger partial charge < -0.3 is 19.2 Å². The van der Waals surface area contributed by atoms with Crippen LogP contribution in [0.5, 0.6) is 0 Å². The van der Waals surface area contributed by atoms with Crippen LogP contribution >= 0.6 is 0 Å². The highest BCUT2D eigenvalue weighted by Crippen LogP contribution is 2.46. The Morgan fingerprint density at radius 3 is 2.62 bits per heavy atom. The van der Waals surface area contributed by atoms with E-state index in [1.54, 1.807) is 12.1 Å². The number of furan rings is 1. The molecule has 5 rings (SSSR count). The van der Waals surface area contributed by atoms with E-state index in [2.05, 4.69) is 5.32 Å². The second-order valence-electron chi connectivity index (χ2n) is 9.25. The van der Waals surface area contributed by atoms with Crippen molar-refractivity contribution < 1.29 is 27.9 Å². The van der Waals surface area contributed by atoms with E-state index in [0.717, 1.165) is 24.1 Å². The van der Waals surface area contributed by atoms with Crippen molar-refractivity contribution in [3.05, 3.63) is 81.8 Å². The second kappa shape index (κ2) is 9.22. The van der Waals surface area contributed by atoms with Gasteiger partial charge in [-0.1, -0.05) is 12.1 Å². The molecular weight excluding hydrogens is 437 g/mol. The standard InChI is InChI=1S/C27H28FNO5/c1-15-5-10-23(34-15)26-24(27(31)33-14-20-4-3-11-32-20)16(2)29-21-12-18(13-22(30)25(21)26)17-6-8-19(28)9-7-17/h5-10,18,20,26,29H,3-4,11-14H2,1-2H3/t18-,20+,26+/m1/s1. The molecule has 1 aromatic heterocycles. The Kier molecular flexibility index (Phi) is 6.13. The van der Waals surface area contributed by atoms with Crippen LogP contribution < -0.4 is 5.32 Å². The number of ketones is 1. The van der Waals surface area contributed by atoms with Gasteiger partial charge >= 0.3 is 5.97 Å². The first-order valence-electron chi connectivity index (χ1n) is 11.7. The molecule has 0 unspecified atom stereocenters. The number of hydrogen-bond acceptors (Lipinski definition) is 6. The fraction of sp³-hybridized carbons (Fsp3) is 0.407. The first-order valence-corrected chi connectivity index (χ1v) is 11.7. The summed E-state index contributed by atoms with van der Waals surface area (Å²) in [5, 5.41) is 3.32. The number of rotatable bonds is 5. The number of carbonyl (C=O) groups is 2. The summed E-state index contributed by atoms with van der Waals surface area (Å²) in [7, 11) is 0. The Morgan fingerprint density at radius 1 is 1.15 bits per heavy atom. The fourth-order valence-corrected chi connectivity index (χ4v) is 5.20. The SMILES string of the molecule is CC1=C(C(=O)OC[C@@H]2CCCO2)[C@H](c2ccc(C)o2)C2=C(C[C@@H](c3ccc(F)cc3)CC2=O)N1. The first-order chi connectivity index (χ1) is 16.4. The maximum Gasteiger partial charge on any atom is 0.336 e. The summed E-state index contributed by atoms with van der Waals surface area (Å²) in [6.45, 7) is 4.52. The quantitative estimate of drug-likeness (QED) is 0.639. The maximum absolute atomic E-state index is 13.5. The number of ether oxygens (including phenoxy) is 2. The molecule has 1 fully saturated rings. The number of benzene rings is 1. The van der Waals surface area contributed by atoms with Gasteiger partial charge in [0.25, 0.3) is 0 Å². The summed E-state index contributed by atoms with van der Waals surface area (Å²) >= 11 is 0. The molecule has 1 saturated heterocycles. The van der Waals surface area contributed by atoms with Crippen molar-refractivity contribution in [1.82, 2.24) is 5.32 Å². The van der Waals surface area contributed by atoms with E-state index in [-0.39, 0.29) is 36.7 Å². The van der Waals surface area contributed by atoms with Crippen LogP contribution in [0.1, 0.15) is 61.5 Å². The zero-order chi connectivity index (χ0) is 23.8. The fourth-order valence-electron chi connectivity index (χ4n) is 5.20. The molecule has 7 heteroatoms. The van der Waals surface area contributed by atoms with Crippen molar-refractivity contribution in [3.63, 3.8) is 0 Å². The summed E-state index contributed by atoms with van der Waals surface area (Å²) in [6, 6.07) is 9.93. The van der Waals surface area contributed by atoms with Crippen LogP contribution in [0.25, 0.3) is 0 Å². The van der Waals surface area contributed by atoms with Crippen LogP contribution in [0.2, 0.25) is 0 Å². The van der Waals surface area contributed by atoms with Crippen LogP contribution in [0.15, 0.2) is 63.4 Å². The lowest BCUT2D eigenvalue weighted by Crippen LogP contribution is -2.36. The number of esters is 1. The molecule has 0 bridgehead atoms. The molecule has 1 aliphatic carbocycles. The predicted molar refractivity (Wildman–Crippen MR) is 122 cm³/mol. The predicted octanol–water partition coefficient (Wildman–Crippen LogP) is 4.81. The molecule has 6 nitrogen and oxygen atoms in total. The van der Waals surface area contributed by atoms with E-state index in [1.165, 1.54) is 12.1 Å². The van der Waals surface area contributed by atoms with Gasteiger partial charge in [0.2, 0.25) is 0 Å². The Bertz CT molecular complexity index is 1170. The molecule has 1 N–H and O–H groups in total. The molecule has 34 heavy (non-hydrogen) atoms. The number of allylic oxidation sites excluding steroid dienone is 3. The Hall–Kier alpha value is -3.19. The van der Waals surface area contributed by atoms with Crippen molar-refractivity contribution >= 4 is 11.8 Å². The molecule has 0 saturated carbocycles. The lowest BCUT2D eigenvalue weighted by molar-refractivity contribution is -0.142. The van der Waals surface area contributed by atoms with Gasteiger partial charge in [-0.05, 0) is 68.9 Å². The monoisotopic (exact) mass is 465 g/mol. The Morgan fingerprint density at radius 2 is 1.94 bits per heavy atom. The van der Waals surface area contributed by atoms with Crippen LogP contribution in [0.4, 0.5) is 4.39 Å². The summed E-state index contributed by atoms with van der Waals surface area (Å²) in [6.07, 6.45) is 2.59. The van der Waals surface area contributed by atoms with Crippen molar-refractivity contribution in [2.75, 3.05) is 13.2 Å². The topological polar surface area (TPSA) is 77.8 Å². The lowest BCUT2D eigenvalue weighted by atomic mass is 9.73. The van der Waals surface area contributed by atoms with Crippen molar-refractivity contribution in [2.45, 2.75) is 57.5 Å². The zero-order valence-electron chi connectivity index (χ0n) is 19.4. The molecule has 3 heterocycles. The summed E-state index contributed by atoms with van der Waals surface area (Å²) in [5.74, 6) is -0.294. The molecule has 178 valence electrons. The largest absolute Gasteiger partial charge is 0.465 e. The summed E-state index contributed by atoms with van der Waals surface area (Å²) < 4.78 is 30.6. The number of dihydropyridines is 1. The summed E-state index contributed by atoms with van der Waals surface area (Å²) in [4.78, 5) is 26.8. The van der Waals surface area contributed by atoms with E-state index >= 15 is 0 Å². The second-order valence-corrected chi connectivity index (χ2v) is 9.25. The third-order valence-electron chi connectivity index (χ3n) is 6.86. The number of hydrogen-bond donors (Lipinski definition) is 1.